The van der Waals surface area contributed by atoms with E-state index >= 15 is 0 Å². The molecule has 0 bridgehead atoms. The van der Waals surface area contributed by atoms with Gasteiger partial charge in [-0.15, -0.1) is 11.3 Å². The van der Waals surface area contributed by atoms with E-state index in [9.17, 15) is 9.59 Å². The molecule has 0 N–H and O–H groups in total. The number of halogens is 1. The number of fused-ring (bicyclic) bond motifs is 1. The van der Waals surface area contributed by atoms with Crippen molar-refractivity contribution >= 4 is 34.8 Å². The standard InChI is InChI=1S/C28H31ClN2O4S/c1-19(2)16-30(28(33)20-7-6-8-21(29)15-20)17-27(32)31-13-11-26-22(12-14-36-26)23(31)18-35-25-10-5-4-9-24(25)34-3/h4-10,12,14-15,19,23H,11,13,16-18H2,1-3H3/t23-/m0/s1. The molecule has 1 atom stereocenters. The van der Waals surface area contributed by atoms with E-state index in [0.29, 0.717) is 41.8 Å². The number of nitrogens with zero attached hydrogens (tertiary/aromatic N) is 2. The Morgan fingerprint density at radius 3 is 2.64 bits per heavy atom. The van der Waals surface area contributed by atoms with Crippen LogP contribution in [0.25, 0.3) is 0 Å². The van der Waals surface area contributed by atoms with Gasteiger partial charge in [-0.1, -0.05) is 43.6 Å². The molecule has 3 aromatic rings. The van der Waals surface area contributed by atoms with E-state index in [2.05, 4.69) is 11.4 Å². The highest BCUT2D eigenvalue weighted by Gasteiger charge is 2.34. The number of carbonyl (C=O) groups excluding carboxylic acids is 2. The third-order valence-corrected chi connectivity index (χ3v) is 7.38. The van der Waals surface area contributed by atoms with Gasteiger partial charge in [0.1, 0.15) is 13.2 Å². The van der Waals surface area contributed by atoms with Gasteiger partial charge in [0.15, 0.2) is 11.5 Å². The third kappa shape index (κ3) is 6.02. The van der Waals surface area contributed by atoms with Crippen molar-refractivity contribution < 1.29 is 19.1 Å². The van der Waals surface area contributed by atoms with Crippen molar-refractivity contribution in [3.8, 4) is 11.5 Å². The molecule has 2 aromatic carbocycles. The summed E-state index contributed by atoms with van der Waals surface area (Å²) >= 11 is 7.82. The molecule has 0 radical (unpaired) electrons. The Morgan fingerprint density at radius 2 is 1.92 bits per heavy atom. The summed E-state index contributed by atoms with van der Waals surface area (Å²) in [6.07, 6.45) is 0.788. The average molecular weight is 527 g/mol. The molecule has 0 saturated heterocycles. The molecule has 2 amide bonds. The molecule has 6 nitrogen and oxygen atoms in total. The lowest BCUT2D eigenvalue weighted by molar-refractivity contribution is -0.135. The van der Waals surface area contributed by atoms with Gasteiger partial charge in [0.25, 0.3) is 5.91 Å². The van der Waals surface area contributed by atoms with Crippen LogP contribution < -0.4 is 9.47 Å². The minimum atomic E-state index is -0.250. The van der Waals surface area contributed by atoms with Crippen molar-refractivity contribution in [2.45, 2.75) is 26.3 Å². The Bertz CT molecular complexity index is 1210. The summed E-state index contributed by atoms with van der Waals surface area (Å²) < 4.78 is 11.6. The first-order valence-corrected chi connectivity index (χ1v) is 13.3. The number of rotatable bonds is 9. The highest BCUT2D eigenvalue weighted by atomic mass is 35.5. The predicted molar refractivity (Wildman–Crippen MR) is 143 cm³/mol. The summed E-state index contributed by atoms with van der Waals surface area (Å²) in [7, 11) is 1.61. The zero-order valence-corrected chi connectivity index (χ0v) is 22.3. The highest BCUT2D eigenvalue weighted by Crippen LogP contribution is 2.35. The fourth-order valence-corrected chi connectivity index (χ4v) is 5.62. The lowest BCUT2D eigenvalue weighted by Gasteiger charge is -2.37. The molecule has 36 heavy (non-hydrogen) atoms. The number of thiophene rings is 1. The second kappa shape index (κ2) is 11.8. The second-order valence-electron chi connectivity index (χ2n) is 9.20. The van der Waals surface area contributed by atoms with Crippen LogP contribution in [0.3, 0.4) is 0 Å². The van der Waals surface area contributed by atoms with E-state index in [1.165, 1.54) is 4.88 Å². The first-order valence-electron chi connectivity index (χ1n) is 12.0. The molecule has 1 aliphatic heterocycles. The first kappa shape index (κ1) is 26.0. The largest absolute Gasteiger partial charge is 0.493 e. The van der Waals surface area contributed by atoms with Gasteiger partial charge in [-0.3, -0.25) is 9.59 Å². The van der Waals surface area contributed by atoms with Gasteiger partial charge in [0.05, 0.1) is 13.2 Å². The summed E-state index contributed by atoms with van der Waals surface area (Å²) in [5.74, 6) is 1.18. The number of amides is 2. The van der Waals surface area contributed by atoms with E-state index in [1.807, 2.05) is 43.0 Å². The number of ether oxygens (including phenoxy) is 2. The van der Waals surface area contributed by atoms with Gasteiger partial charge in [0.2, 0.25) is 5.91 Å². The van der Waals surface area contributed by atoms with Crippen molar-refractivity contribution in [3.63, 3.8) is 0 Å². The van der Waals surface area contributed by atoms with Crippen molar-refractivity contribution in [3.05, 3.63) is 81.0 Å². The number of hydrogen-bond donors (Lipinski definition) is 0. The van der Waals surface area contributed by atoms with Crippen LogP contribution in [-0.2, 0) is 11.2 Å². The van der Waals surface area contributed by atoms with E-state index in [0.717, 1.165) is 12.0 Å². The van der Waals surface area contributed by atoms with E-state index in [1.54, 1.807) is 47.6 Å². The molecular weight excluding hydrogens is 496 g/mol. The smallest absolute Gasteiger partial charge is 0.254 e. The molecule has 0 unspecified atom stereocenters. The maximum atomic E-state index is 13.7. The molecule has 2 heterocycles. The SMILES string of the molecule is COc1ccccc1OC[C@H]1c2ccsc2CCN1C(=O)CN(CC(C)C)C(=O)c1cccc(Cl)c1. The first-order chi connectivity index (χ1) is 17.4. The topological polar surface area (TPSA) is 59.1 Å². The normalized spacial score (nSPS) is 14.9. The highest BCUT2D eigenvalue weighted by molar-refractivity contribution is 7.10. The predicted octanol–water partition coefficient (Wildman–Crippen LogP) is 5.71. The van der Waals surface area contributed by atoms with Crippen molar-refractivity contribution in [1.82, 2.24) is 9.80 Å². The van der Waals surface area contributed by atoms with E-state index in [-0.39, 0.29) is 30.3 Å². The Hall–Kier alpha value is -3.03. The molecule has 0 spiro atoms. The monoisotopic (exact) mass is 526 g/mol. The van der Waals surface area contributed by atoms with Crippen LogP contribution in [-0.4, -0.2) is 55.0 Å². The third-order valence-electron chi connectivity index (χ3n) is 6.15. The summed E-state index contributed by atoms with van der Waals surface area (Å²) in [6.45, 7) is 5.40. The number of methoxy groups -OCH3 is 1. The average Bonchev–Trinajstić information content (AvgIpc) is 3.35. The van der Waals surface area contributed by atoms with Crippen LogP contribution >= 0.6 is 22.9 Å². The van der Waals surface area contributed by atoms with E-state index in [4.69, 9.17) is 21.1 Å². The zero-order chi connectivity index (χ0) is 25.7. The van der Waals surface area contributed by atoms with Crippen molar-refractivity contribution in [1.29, 1.82) is 0 Å². The van der Waals surface area contributed by atoms with Gasteiger partial charge in [-0.2, -0.15) is 0 Å². The molecule has 1 aliphatic rings. The van der Waals surface area contributed by atoms with Crippen LogP contribution in [0.5, 0.6) is 11.5 Å². The Balaban J connectivity index is 1.55. The minimum absolute atomic E-state index is 0.00580. The van der Waals surface area contributed by atoms with Crippen molar-refractivity contribution in [2.24, 2.45) is 5.92 Å². The quantitative estimate of drug-likeness (QED) is 0.358. The van der Waals surface area contributed by atoms with Gasteiger partial charge in [0, 0.05) is 28.6 Å². The van der Waals surface area contributed by atoms with Crippen LogP contribution in [0.2, 0.25) is 5.02 Å². The maximum Gasteiger partial charge on any atom is 0.254 e. The Morgan fingerprint density at radius 1 is 1.14 bits per heavy atom. The van der Waals surface area contributed by atoms with Crippen LogP contribution in [0.15, 0.2) is 60.0 Å². The number of benzene rings is 2. The number of carbonyl (C=O) groups is 2. The summed E-state index contributed by atoms with van der Waals surface area (Å²) in [6, 6.07) is 16.2. The number of para-hydroxylation sites is 2. The molecule has 190 valence electrons. The molecule has 1 aromatic heterocycles. The molecular formula is C28H31ClN2O4S. The fourth-order valence-electron chi connectivity index (χ4n) is 4.50. The van der Waals surface area contributed by atoms with Gasteiger partial charge in [-0.05, 0) is 59.7 Å². The molecule has 4 rings (SSSR count). The van der Waals surface area contributed by atoms with Crippen LogP contribution in [0.1, 0.15) is 40.7 Å². The molecule has 0 fully saturated rings. The molecule has 8 heteroatoms. The minimum Gasteiger partial charge on any atom is -0.493 e. The zero-order valence-electron chi connectivity index (χ0n) is 20.8. The van der Waals surface area contributed by atoms with Crippen LogP contribution in [0, 0.1) is 5.92 Å². The summed E-state index contributed by atoms with van der Waals surface area (Å²) in [5, 5.41) is 2.55. The number of hydrogen-bond acceptors (Lipinski definition) is 5. The van der Waals surface area contributed by atoms with Gasteiger partial charge < -0.3 is 19.3 Å². The lowest BCUT2D eigenvalue weighted by atomic mass is 10.00. The van der Waals surface area contributed by atoms with Crippen molar-refractivity contribution in [2.75, 3.05) is 33.4 Å². The van der Waals surface area contributed by atoms with Crippen LogP contribution in [0.4, 0.5) is 0 Å². The van der Waals surface area contributed by atoms with Gasteiger partial charge >= 0.3 is 0 Å². The lowest BCUT2D eigenvalue weighted by Crippen LogP contribution is -2.48. The fraction of sp³-hybridized carbons (Fsp3) is 0.357. The molecule has 0 saturated carbocycles. The maximum absolute atomic E-state index is 13.7. The Labute approximate surface area is 221 Å². The second-order valence-corrected chi connectivity index (χ2v) is 10.6. The van der Waals surface area contributed by atoms with Gasteiger partial charge in [-0.25, -0.2) is 0 Å². The molecule has 0 aliphatic carbocycles. The summed E-state index contributed by atoms with van der Waals surface area (Å²) in [5.41, 5.74) is 1.58. The summed E-state index contributed by atoms with van der Waals surface area (Å²) in [4.78, 5) is 31.8. The van der Waals surface area contributed by atoms with E-state index < -0.39 is 0 Å². The Kier molecular flexibility index (Phi) is 8.54.